The highest BCUT2D eigenvalue weighted by Crippen LogP contribution is 2.16. The van der Waals surface area contributed by atoms with E-state index in [1.54, 1.807) is 6.92 Å². The van der Waals surface area contributed by atoms with E-state index in [1.807, 2.05) is 24.3 Å². The van der Waals surface area contributed by atoms with Gasteiger partial charge in [0.15, 0.2) is 0 Å². The molecule has 112 valence electrons. The van der Waals surface area contributed by atoms with Gasteiger partial charge in [0.2, 0.25) is 0 Å². The molecule has 0 saturated heterocycles. The number of benzene rings is 1. The van der Waals surface area contributed by atoms with Gasteiger partial charge in [0.1, 0.15) is 0 Å². The van der Waals surface area contributed by atoms with Crippen molar-refractivity contribution in [3.63, 3.8) is 0 Å². The van der Waals surface area contributed by atoms with Crippen molar-refractivity contribution in [3.05, 3.63) is 35.4 Å². The van der Waals surface area contributed by atoms with Crippen LogP contribution in [0.15, 0.2) is 24.3 Å². The minimum atomic E-state index is -0.788. The van der Waals surface area contributed by atoms with Gasteiger partial charge in [0.05, 0.1) is 5.92 Å². The fourth-order valence-electron chi connectivity index (χ4n) is 1.74. The first-order valence-corrected chi connectivity index (χ1v) is 6.94. The molecule has 0 saturated carbocycles. The number of nitrogens with zero attached hydrogens (tertiary/aromatic N) is 1. The van der Waals surface area contributed by atoms with Crippen LogP contribution in [0.5, 0.6) is 0 Å². The van der Waals surface area contributed by atoms with Crippen molar-refractivity contribution in [1.82, 2.24) is 10.2 Å². The molecule has 0 aliphatic rings. The molecule has 0 heterocycles. The molecule has 2 N–H and O–H groups in total. The lowest BCUT2D eigenvalue weighted by atomic mass is 10.00. The summed E-state index contributed by atoms with van der Waals surface area (Å²) < 4.78 is 0. The maximum Gasteiger partial charge on any atom is 0.310 e. The number of carboxylic acids is 1. The summed E-state index contributed by atoms with van der Waals surface area (Å²) >= 11 is 0. The molecule has 0 amide bonds. The van der Waals surface area contributed by atoms with E-state index in [-0.39, 0.29) is 5.54 Å². The Morgan fingerprint density at radius 3 is 2.30 bits per heavy atom. The fraction of sp³-hybridized carbons (Fsp3) is 0.562. The number of carbonyl (C=O) groups is 1. The number of likely N-dealkylation sites (N-methyl/N-ethyl adjacent to an activating group) is 1. The van der Waals surface area contributed by atoms with E-state index in [2.05, 4.69) is 38.2 Å². The summed E-state index contributed by atoms with van der Waals surface area (Å²) in [6, 6.07) is 7.77. The van der Waals surface area contributed by atoms with Crippen molar-refractivity contribution >= 4 is 5.97 Å². The summed E-state index contributed by atoms with van der Waals surface area (Å²) in [6.45, 7) is 7.77. The van der Waals surface area contributed by atoms with Crippen molar-refractivity contribution in [2.75, 3.05) is 20.6 Å². The number of rotatable bonds is 7. The number of aliphatic carboxylic acids is 1. The molecular formula is C16H26N2O2. The van der Waals surface area contributed by atoms with Gasteiger partial charge in [-0.15, -0.1) is 0 Å². The van der Waals surface area contributed by atoms with Crippen LogP contribution in [-0.2, 0) is 11.3 Å². The molecule has 1 aromatic rings. The number of hydrogen-bond donors (Lipinski definition) is 2. The molecule has 4 nitrogen and oxygen atoms in total. The summed E-state index contributed by atoms with van der Waals surface area (Å²) in [5, 5.41) is 12.4. The Bertz CT molecular complexity index is 438. The molecule has 0 aliphatic carbocycles. The minimum absolute atomic E-state index is 0.109. The zero-order chi connectivity index (χ0) is 15.3. The zero-order valence-electron chi connectivity index (χ0n) is 13.1. The van der Waals surface area contributed by atoms with Gasteiger partial charge in [-0.3, -0.25) is 4.79 Å². The van der Waals surface area contributed by atoms with Gasteiger partial charge >= 0.3 is 5.97 Å². The third-order valence-corrected chi connectivity index (χ3v) is 3.95. The molecule has 1 aromatic carbocycles. The third kappa shape index (κ3) is 4.62. The minimum Gasteiger partial charge on any atom is -0.481 e. The van der Waals surface area contributed by atoms with Crippen LogP contribution < -0.4 is 5.32 Å². The number of carboxylic acid groups (broad SMARTS) is 1. The lowest BCUT2D eigenvalue weighted by molar-refractivity contribution is -0.138. The van der Waals surface area contributed by atoms with Gasteiger partial charge in [0, 0.05) is 18.6 Å². The Morgan fingerprint density at radius 2 is 1.85 bits per heavy atom. The summed E-state index contributed by atoms with van der Waals surface area (Å²) in [4.78, 5) is 13.1. The van der Waals surface area contributed by atoms with E-state index in [9.17, 15) is 4.79 Å². The third-order valence-electron chi connectivity index (χ3n) is 3.95. The standard InChI is InChI=1S/C16H26N2O2/c1-12(15(19)20)14-8-6-13(7-9-14)10-17-11-16(2,3)18(4)5/h6-9,12,17H,10-11H2,1-5H3,(H,19,20). The predicted molar refractivity (Wildman–Crippen MR) is 82.0 cm³/mol. The predicted octanol–water partition coefficient (Wildman–Crippen LogP) is 2.30. The van der Waals surface area contributed by atoms with Crippen LogP contribution >= 0.6 is 0 Å². The Hall–Kier alpha value is -1.39. The molecular weight excluding hydrogens is 252 g/mol. The highest BCUT2D eigenvalue weighted by molar-refractivity contribution is 5.75. The number of hydrogen-bond acceptors (Lipinski definition) is 3. The van der Waals surface area contributed by atoms with Crippen LogP contribution in [0.1, 0.15) is 37.8 Å². The van der Waals surface area contributed by atoms with Gasteiger partial charge in [-0.05, 0) is 46.0 Å². The summed E-state index contributed by atoms with van der Waals surface area (Å²) in [5.41, 5.74) is 2.12. The normalized spacial score (nSPS) is 13.5. The van der Waals surface area contributed by atoms with Crippen molar-refractivity contribution in [3.8, 4) is 0 Å². The summed E-state index contributed by atoms with van der Waals surface area (Å²) in [5.74, 6) is -1.24. The van der Waals surface area contributed by atoms with E-state index >= 15 is 0 Å². The Balaban J connectivity index is 2.53. The average Bonchev–Trinajstić information content (AvgIpc) is 2.38. The van der Waals surface area contributed by atoms with Crippen LogP contribution in [0.4, 0.5) is 0 Å². The smallest absolute Gasteiger partial charge is 0.310 e. The molecule has 0 aliphatic heterocycles. The lowest BCUT2D eigenvalue weighted by Crippen LogP contribution is -2.46. The maximum atomic E-state index is 10.9. The first-order valence-electron chi connectivity index (χ1n) is 6.94. The largest absolute Gasteiger partial charge is 0.481 e. The first kappa shape index (κ1) is 16.7. The summed E-state index contributed by atoms with van der Waals surface area (Å²) in [7, 11) is 4.15. The average molecular weight is 278 g/mol. The Morgan fingerprint density at radius 1 is 1.30 bits per heavy atom. The van der Waals surface area contributed by atoms with Gasteiger partial charge < -0.3 is 15.3 Å². The second-order valence-corrected chi connectivity index (χ2v) is 6.11. The second kappa shape index (κ2) is 6.86. The maximum absolute atomic E-state index is 10.9. The van der Waals surface area contributed by atoms with Crippen LogP contribution in [-0.4, -0.2) is 42.2 Å². The molecule has 0 bridgehead atoms. The molecule has 20 heavy (non-hydrogen) atoms. The Kier molecular flexibility index (Phi) is 5.72. The lowest BCUT2D eigenvalue weighted by Gasteiger charge is -2.32. The zero-order valence-corrected chi connectivity index (χ0v) is 13.1. The SMILES string of the molecule is CC(C(=O)O)c1ccc(CNCC(C)(C)N(C)C)cc1. The molecule has 1 unspecified atom stereocenters. The second-order valence-electron chi connectivity index (χ2n) is 6.11. The van der Waals surface area contributed by atoms with E-state index < -0.39 is 11.9 Å². The molecule has 1 atom stereocenters. The van der Waals surface area contributed by atoms with Gasteiger partial charge in [-0.25, -0.2) is 0 Å². The van der Waals surface area contributed by atoms with E-state index in [0.717, 1.165) is 18.7 Å². The molecule has 0 spiro atoms. The van der Waals surface area contributed by atoms with Gasteiger partial charge in [-0.1, -0.05) is 24.3 Å². The molecule has 1 rings (SSSR count). The van der Waals surface area contributed by atoms with Crippen LogP contribution in [0.3, 0.4) is 0 Å². The monoisotopic (exact) mass is 278 g/mol. The van der Waals surface area contributed by atoms with Gasteiger partial charge in [0.25, 0.3) is 0 Å². The highest BCUT2D eigenvalue weighted by Gasteiger charge is 2.19. The van der Waals surface area contributed by atoms with E-state index in [0.29, 0.717) is 0 Å². The van der Waals surface area contributed by atoms with Crippen molar-refractivity contribution in [1.29, 1.82) is 0 Å². The molecule has 0 radical (unpaired) electrons. The van der Waals surface area contributed by atoms with Crippen LogP contribution in [0, 0.1) is 0 Å². The molecule has 0 aromatic heterocycles. The number of nitrogens with one attached hydrogen (secondary N) is 1. The van der Waals surface area contributed by atoms with Crippen molar-refractivity contribution in [2.45, 2.75) is 38.8 Å². The Labute approximate surface area is 121 Å². The van der Waals surface area contributed by atoms with E-state index in [1.165, 1.54) is 5.56 Å². The van der Waals surface area contributed by atoms with Crippen molar-refractivity contribution in [2.24, 2.45) is 0 Å². The van der Waals surface area contributed by atoms with Crippen LogP contribution in [0.2, 0.25) is 0 Å². The fourth-order valence-corrected chi connectivity index (χ4v) is 1.74. The molecule has 4 heteroatoms. The first-order chi connectivity index (χ1) is 9.24. The van der Waals surface area contributed by atoms with E-state index in [4.69, 9.17) is 5.11 Å². The quantitative estimate of drug-likeness (QED) is 0.803. The van der Waals surface area contributed by atoms with Gasteiger partial charge in [-0.2, -0.15) is 0 Å². The molecule has 0 fully saturated rings. The van der Waals surface area contributed by atoms with Crippen LogP contribution in [0.25, 0.3) is 0 Å². The topological polar surface area (TPSA) is 52.6 Å². The summed E-state index contributed by atoms with van der Waals surface area (Å²) in [6.07, 6.45) is 0. The highest BCUT2D eigenvalue weighted by atomic mass is 16.4. The van der Waals surface area contributed by atoms with Crippen molar-refractivity contribution < 1.29 is 9.90 Å².